The van der Waals surface area contributed by atoms with Gasteiger partial charge in [0.05, 0.1) is 0 Å². The normalized spacial score (nSPS) is 15.2. The molecule has 0 fully saturated rings. The third kappa shape index (κ3) is 3.42. The first-order chi connectivity index (χ1) is 8.16. The van der Waals surface area contributed by atoms with Crippen molar-refractivity contribution in [2.24, 2.45) is 5.73 Å². The number of rotatable bonds is 4. The molecule has 0 spiro atoms. The molecule has 0 aromatic carbocycles. The summed E-state index contributed by atoms with van der Waals surface area (Å²) in [5.74, 6) is -2.10. The van der Waals surface area contributed by atoms with Gasteiger partial charge in [-0.25, -0.2) is 4.79 Å². The van der Waals surface area contributed by atoms with E-state index in [1.807, 2.05) is 0 Å². The molecule has 9 heteroatoms. The summed E-state index contributed by atoms with van der Waals surface area (Å²) in [4.78, 5) is 10.5. The fraction of sp³-hybridized carbons (Fsp3) is 0.667. The summed E-state index contributed by atoms with van der Waals surface area (Å²) < 4.78 is 44.9. The number of hydrogen-bond acceptors (Lipinski definition) is 6. The van der Waals surface area contributed by atoms with Gasteiger partial charge in [0.2, 0.25) is 11.8 Å². The molecule has 18 heavy (non-hydrogen) atoms. The van der Waals surface area contributed by atoms with Crippen molar-refractivity contribution in [1.29, 1.82) is 0 Å². The van der Waals surface area contributed by atoms with Crippen molar-refractivity contribution in [2.75, 3.05) is 6.61 Å². The maximum atomic E-state index is 11.9. The van der Waals surface area contributed by atoms with Gasteiger partial charge in [0.15, 0.2) is 0 Å². The molecule has 1 aromatic heterocycles. The lowest BCUT2D eigenvalue weighted by Crippen LogP contribution is -2.41. The van der Waals surface area contributed by atoms with E-state index in [4.69, 9.17) is 10.2 Å². The van der Waals surface area contributed by atoms with Crippen LogP contribution in [0.15, 0.2) is 4.42 Å². The maximum Gasteiger partial charge on any atom is 0.490 e. The van der Waals surface area contributed by atoms with E-state index in [2.05, 4.69) is 14.9 Å². The van der Waals surface area contributed by atoms with Crippen molar-refractivity contribution in [3.8, 4) is 0 Å². The van der Waals surface area contributed by atoms with Gasteiger partial charge in [0.25, 0.3) is 0 Å². The van der Waals surface area contributed by atoms with Gasteiger partial charge < -0.3 is 14.9 Å². The van der Waals surface area contributed by atoms with Crippen LogP contribution in [-0.2, 0) is 21.5 Å². The number of esters is 1. The molecule has 1 rings (SSSR count). The number of aromatic nitrogens is 2. The highest BCUT2D eigenvalue weighted by atomic mass is 19.4. The third-order valence-electron chi connectivity index (χ3n) is 1.99. The molecule has 0 aliphatic carbocycles. The molecule has 2 N–H and O–H groups in total. The molecular formula is C9H12F3N3O3. The molecule has 1 atom stereocenters. The average Bonchev–Trinajstić information content (AvgIpc) is 2.73. The molecule has 0 radical (unpaired) electrons. The number of hydrogen-bond donors (Lipinski definition) is 1. The molecule has 0 saturated carbocycles. The first-order valence-electron chi connectivity index (χ1n) is 5.02. The minimum atomic E-state index is -5.06. The van der Waals surface area contributed by atoms with Crippen LogP contribution in [0.1, 0.15) is 25.6 Å². The SMILES string of the molecule is CCc1nnc(C(C)(N)COC(=O)C(F)(F)F)o1. The number of carbonyl (C=O) groups excluding carboxylic acids is 1. The smallest absolute Gasteiger partial charge is 0.457 e. The number of aryl methyl sites for hydroxylation is 1. The molecule has 1 heterocycles. The molecule has 6 nitrogen and oxygen atoms in total. The number of carbonyl (C=O) groups is 1. The van der Waals surface area contributed by atoms with Crippen LogP contribution < -0.4 is 5.73 Å². The van der Waals surface area contributed by atoms with Crippen molar-refractivity contribution >= 4 is 5.97 Å². The molecule has 1 unspecified atom stereocenters. The first-order valence-corrected chi connectivity index (χ1v) is 5.02. The van der Waals surface area contributed by atoms with Crippen LogP contribution in [0, 0.1) is 0 Å². The van der Waals surface area contributed by atoms with E-state index in [-0.39, 0.29) is 5.89 Å². The summed E-state index contributed by atoms with van der Waals surface area (Å²) in [6.45, 7) is 2.37. The predicted molar refractivity (Wildman–Crippen MR) is 52.2 cm³/mol. The summed E-state index contributed by atoms with van der Waals surface area (Å²) >= 11 is 0. The van der Waals surface area contributed by atoms with E-state index >= 15 is 0 Å². The fourth-order valence-electron chi connectivity index (χ4n) is 0.986. The lowest BCUT2D eigenvalue weighted by Gasteiger charge is -2.20. The van der Waals surface area contributed by atoms with Gasteiger partial charge in [-0.05, 0) is 6.92 Å². The third-order valence-corrected chi connectivity index (χ3v) is 1.99. The van der Waals surface area contributed by atoms with Gasteiger partial charge in [0.1, 0.15) is 12.1 Å². The highest BCUT2D eigenvalue weighted by Gasteiger charge is 2.42. The largest absolute Gasteiger partial charge is 0.490 e. The van der Waals surface area contributed by atoms with E-state index in [0.717, 1.165) is 0 Å². The van der Waals surface area contributed by atoms with Crippen LogP contribution in [0.3, 0.4) is 0 Å². The number of ether oxygens (including phenoxy) is 1. The lowest BCUT2D eigenvalue weighted by molar-refractivity contribution is -0.201. The lowest BCUT2D eigenvalue weighted by atomic mass is 10.1. The van der Waals surface area contributed by atoms with E-state index in [1.54, 1.807) is 6.92 Å². The zero-order valence-corrected chi connectivity index (χ0v) is 9.74. The molecule has 0 saturated heterocycles. The Morgan fingerprint density at radius 2 is 2.06 bits per heavy atom. The average molecular weight is 267 g/mol. The Morgan fingerprint density at radius 1 is 1.44 bits per heavy atom. The Labute approximate surface area is 100 Å². The first kappa shape index (κ1) is 14.4. The van der Waals surface area contributed by atoms with Crippen molar-refractivity contribution in [3.05, 3.63) is 11.8 Å². The Hall–Kier alpha value is -1.64. The second kappa shape index (κ2) is 4.92. The number of halogens is 3. The second-order valence-corrected chi connectivity index (χ2v) is 3.85. The van der Waals surface area contributed by atoms with Gasteiger partial charge in [-0.15, -0.1) is 10.2 Å². The van der Waals surface area contributed by atoms with Gasteiger partial charge in [-0.2, -0.15) is 13.2 Å². The minimum absolute atomic E-state index is 0.0886. The van der Waals surface area contributed by atoms with Gasteiger partial charge in [-0.3, -0.25) is 0 Å². The summed E-state index contributed by atoms with van der Waals surface area (Å²) in [5, 5.41) is 7.20. The zero-order chi connectivity index (χ0) is 14.0. The van der Waals surface area contributed by atoms with Crippen LogP contribution in [0.25, 0.3) is 0 Å². The number of alkyl halides is 3. The molecule has 0 aliphatic rings. The molecule has 0 bridgehead atoms. The predicted octanol–water partition coefficient (Wildman–Crippen LogP) is 0.911. The van der Waals surface area contributed by atoms with Crippen LogP contribution in [0.5, 0.6) is 0 Å². The minimum Gasteiger partial charge on any atom is -0.457 e. The molecule has 1 aromatic rings. The quantitative estimate of drug-likeness (QED) is 0.815. The molecule has 0 aliphatic heterocycles. The van der Waals surface area contributed by atoms with E-state index < -0.39 is 24.3 Å². The standard InChI is InChI=1S/C9H12F3N3O3/c1-3-5-14-15-6(18-5)8(2,13)4-17-7(16)9(10,11)12/h3-4,13H2,1-2H3. The highest BCUT2D eigenvalue weighted by molar-refractivity contribution is 5.75. The summed E-state index contributed by atoms with van der Waals surface area (Å²) in [6, 6.07) is 0. The topological polar surface area (TPSA) is 91.2 Å². The molecule has 102 valence electrons. The van der Waals surface area contributed by atoms with Crippen molar-refractivity contribution in [3.63, 3.8) is 0 Å². The number of nitrogens with two attached hydrogens (primary N) is 1. The highest BCUT2D eigenvalue weighted by Crippen LogP contribution is 2.21. The maximum absolute atomic E-state index is 11.9. The van der Waals surface area contributed by atoms with Crippen molar-refractivity contribution in [2.45, 2.75) is 32.0 Å². The zero-order valence-electron chi connectivity index (χ0n) is 9.74. The van der Waals surface area contributed by atoms with E-state index in [1.165, 1.54) is 6.92 Å². The van der Waals surface area contributed by atoms with Gasteiger partial charge in [-0.1, -0.05) is 6.92 Å². The van der Waals surface area contributed by atoms with Crippen molar-refractivity contribution in [1.82, 2.24) is 10.2 Å². The summed E-state index contributed by atoms with van der Waals surface area (Å²) in [5.41, 5.74) is 4.19. The summed E-state index contributed by atoms with van der Waals surface area (Å²) in [7, 11) is 0. The fourth-order valence-corrected chi connectivity index (χ4v) is 0.986. The Bertz CT molecular complexity index is 428. The Balaban J connectivity index is 2.67. The summed E-state index contributed by atoms with van der Waals surface area (Å²) in [6.07, 6.45) is -4.59. The van der Waals surface area contributed by atoms with Crippen LogP contribution in [0.4, 0.5) is 13.2 Å². The second-order valence-electron chi connectivity index (χ2n) is 3.85. The van der Waals surface area contributed by atoms with Crippen LogP contribution in [0.2, 0.25) is 0 Å². The van der Waals surface area contributed by atoms with Gasteiger partial charge >= 0.3 is 12.1 Å². The van der Waals surface area contributed by atoms with Crippen molar-refractivity contribution < 1.29 is 27.1 Å². The number of nitrogens with zero attached hydrogens (tertiary/aromatic N) is 2. The monoisotopic (exact) mass is 267 g/mol. The Morgan fingerprint density at radius 3 is 2.50 bits per heavy atom. The van der Waals surface area contributed by atoms with Gasteiger partial charge in [0, 0.05) is 6.42 Å². The van der Waals surface area contributed by atoms with E-state index in [0.29, 0.717) is 12.3 Å². The molecular weight excluding hydrogens is 255 g/mol. The Kier molecular flexibility index (Phi) is 3.95. The van der Waals surface area contributed by atoms with Crippen LogP contribution >= 0.6 is 0 Å². The van der Waals surface area contributed by atoms with Crippen LogP contribution in [-0.4, -0.2) is 28.9 Å². The molecule has 0 amide bonds. The van der Waals surface area contributed by atoms with E-state index in [9.17, 15) is 18.0 Å².